The molecule has 0 saturated carbocycles. The first-order chi connectivity index (χ1) is 14.9. The predicted molar refractivity (Wildman–Crippen MR) is 120 cm³/mol. The molecule has 1 amide bonds. The topological polar surface area (TPSA) is 75.4 Å². The largest absolute Gasteiger partial charge is 0.493 e. The second-order valence-electron chi connectivity index (χ2n) is 7.79. The molecule has 2 heterocycles. The lowest BCUT2D eigenvalue weighted by molar-refractivity contribution is 0.0399. The fraction of sp³-hybridized carbons (Fsp3) is 0.458. The highest BCUT2D eigenvalue weighted by Gasteiger charge is 2.25. The van der Waals surface area contributed by atoms with E-state index < -0.39 is 6.10 Å². The maximum Gasteiger partial charge on any atom is 0.257 e. The average Bonchev–Trinajstić information content (AvgIpc) is 3.10. The van der Waals surface area contributed by atoms with Crippen molar-refractivity contribution in [2.24, 2.45) is 0 Å². The highest BCUT2D eigenvalue weighted by Crippen LogP contribution is 2.28. The Morgan fingerprint density at radius 3 is 2.55 bits per heavy atom. The summed E-state index contributed by atoms with van der Waals surface area (Å²) >= 11 is 0. The number of allylic oxidation sites excluding steroid dienone is 1. The van der Waals surface area contributed by atoms with Crippen LogP contribution in [0.3, 0.4) is 0 Å². The Hall–Kier alpha value is -2.77. The third kappa shape index (κ3) is 5.89. The number of aryl methyl sites for hydroxylation is 2. The minimum absolute atomic E-state index is 0.00587. The Balaban J connectivity index is 1.46. The standard InChI is InChI=1S/C24H32N2O5/c1-5-6-19-7-8-22(23(14-19)29-4)30-16-20(27)15-25-9-11-26(12-10-25)24(28)21-13-17(2)31-18(21)3/h5-8,13-14,20,27H,9-12,15-16H2,1-4H3/b6-5+. The van der Waals surface area contributed by atoms with Gasteiger partial charge < -0.3 is 23.9 Å². The number of aliphatic hydroxyl groups excluding tert-OH is 1. The first kappa shape index (κ1) is 22.9. The number of hydrogen-bond acceptors (Lipinski definition) is 6. The molecular weight excluding hydrogens is 396 g/mol. The van der Waals surface area contributed by atoms with Crippen molar-refractivity contribution in [1.29, 1.82) is 0 Å². The number of piperazine rings is 1. The van der Waals surface area contributed by atoms with E-state index in [0.717, 1.165) is 11.3 Å². The molecule has 1 unspecified atom stereocenters. The molecule has 1 aromatic heterocycles. The summed E-state index contributed by atoms with van der Waals surface area (Å²) in [5, 5.41) is 10.4. The van der Waals surface area contributed by atoms with Crippen LogP contribution in [-0.4, -0.2) is 73.4 Å². The number of amides is 1. The Bertz CT molecular complexity index is 913. The van der Waals surface area contributed by atoms with Crippen LogP contribution in [0.15, 0.2) is 34.8 Å². The number of furan rings is 1. The monoisotopic (exact) mass is 428 g/mol. The second-order valence-corrected chi connectivity index (χ2v) is 7.79. The van der Waals surface area contributed by atoms with Gasteiger partial charge in [0.1, 0.15) is 24.2 Å². The molecule has 1 aromatic carbocycles. The van der Waals surface area contributed by atoms with Crippen LogP contribution >= 0.6 is 0 Å². The van der Waals surface area contributed by atoms with Crippen molar-refractivity contribution in [2.75, 3.05) is 46.4 Å². The normalized spacial score (nSPS) is 16.0. The van der Waals surface area contributed by atoms with Gasteiger partial charge in [0.05, 0.1) is 12.7 Å². The summed E-state index contributed by atoms with van der Waals surface area (Å²) in [6, 6.07) is 7.50. The number of methoxy groups -OCH3 is 1. The molecule has 1 saturated heterocycles. The van der Waals surface area contributed by atoms with Gasteiger partial charge in [0.25, 0.3) is 5.91 Å². The predicted octanol–water partition coefficient (Wildman–Crippen LogP) is 3.14. The van der Waals surface area contributed by atoms with Crippen LogP contribution in [-0.2, 0) is 0 Å². The molecule has 1 atom stereocenters. The van der Waals surface area contributed by atoms with Gasteiger partial charge in [0.2, 0.25) is 0 Å². The molecule has 1 N–H and O–H groups in total. The fourth-order valence-corrected chi connectivity index (χ4v) is 3.78. The number of nitrogens with zero attached hydrogens (tertiary/aromatic N) is 2. The molecule has 0 aliphatic carbocycles. The van der Waals surface area contributed by atoms with E-state index in [4.69, 9.17) is 13.9 Å². The molecule has 0 radical (unpaired) electrons. The van der Waals surface area contributed by atoms with Crippen molar-refractivity contribution in [1.82, 2.24) is 9.80 Å². The van der Waals surface area contributed by atoms with Gasteiger partial charge in [-0.2, -0.15) is 0 Å². The lowest BCUT2D eigenvalue weighted by atomic mass is 10.2. The third-order valence-electron chi connectivity index (χ3n) is 5.38. The molecule has 7 heteroatoms. The summed E-state index contributed by atoms with van der Waals surface area (Å²) in [7, 11) is 1.60. The average molecular weight is 429 g/mol. The number of β-amino-alcohol motifs (C(OH)–C–C–N with tert-alkyl or cyclic N) is 1. The molecular formula is C24H32N2O5. The Labute approximate surface area is 183 Å². The van der Waals surface area contributed by atoms with E-state index in [1.807, 2.05) is 56.0 Å². The van der Waals surface area contributed by atoms with Crippen LogP contribution in [0.4, 0.5) is 0 Å². The number of hydrogen-bond donors (Lipinski definition) is 1. The summed E-state index contributed by atoms with van der Waals surface area (Å²) in [5.74, 6) is 2.66. The van der Waals surface area contributed by atoms with E-state index in [0.29, 0.717) is 55.5 Å². The van der Waals surface area contributed by atoms with E-state index in [2.05, 4.69) is 4.90 Å². The molecule has 1 aliphatic rings. The number of carbonyl (C=O) groups is 1. The van der Waals surface area contributed by atoms with E-state index in [9.17, 15) is 9.90 Å². The number of benzene rings is 1. The molecule has 31 heavy (non-hydrogen) atoms. The van der Waals surface area contributed by atoms with Crippen LogP contribution in [0.2, 0.25) is 0 Å². The number of rotatable bonds is 8. The van der Waals surface area contributed by atoms with Gasteiger partial charge in [-0.05, 0) is 44.5 Å². The molecule has 7 nitrogen and oxygen atoms in total. The minimum atomic E-state index is -0.638. The maximum atomic E-state index is 12.7. The molecule has 1 aliphatic heterocycles. The van der Waals surface area contributed by atoms with E-state index in [1.165, 1.54) is 0 Å². The van der Waals surface area contributed by atoms with Crippen LogP contribution in [0.25, 0.3) is 6.08 Å². The van der Waals surface area contributed by atoms with E-state index >= 15 is 0 Å². The highest BCUT2D eigenvalue weighted by atomic mass is 16.5. The van der Waals surface area contributed by atoms with Crippen molar-refractivity contribution in [3.63, 3.8) is 0 Å². The van der Waals surface area contributed by atoms with Crippen LogP contribution in [0.1, 0.15) is 34.4 Å². The first-order valence-corrected chi connectivity index (χ1v) is 10.6. The molecule has 168 valence electrons. The first-order valence-electron chi connectivity index (χ1n) is 10.6. The van der Waals surface area contributed by atoms with Crippen LogP contribution in [0, 0.1) is 13.8 Å². The zero-order chi connectivity index (χ0) is 22.4. The summed E-state index contributed by atoms with van der Waals surface area (Å²) in [5.41, 5.74) is 1.66. The van der Waals surface area contributed by atoms with Crippen molar-refractivity contribution in [3.05, 3.63) is 53.0 Å². The Morgan fingerprint density at radius 1 is 1.19 bits per heavy atom. The van der Waals surface area contributed by atoms with Gasteiger partial charge in [-0.15, -0.1) is 0 Å². The molecule has 1 fully saturated rings. The molecule has 0 bridgehead atoms. The summed E-state index contributed by atoms with van der Waals surface area (Å²) in [6.45, 7) is 8.94. The van der Waals surface area contributed by atoms with Gasteiger partial charge in [0, 0.05) is 32.7 Å². The van der Waals surface area contributed by atoms with Crippen molar-refractivity contribution >= 4 is 12.0 Å². The Morgan fingerprint density at radius 2 is 1.94 bits per heavy atom. The number of ether oxygens (including phenoxy) is 2. The van der Waals surface area contributed by atoms with Gasteiger partial charge in [-0.1, -0.05) is 18.2 Å². The lowest BCUT2D eigenvalue weighted by Gasteiger charge is -2.35. The van der Waals surface area contributed by atoms with Crippen LogP contribution in [0.5, 0.6) is 11.5 Å². The van der Waals surface area contributed by atoms with Gasteiger partial charge in [0.15, 0.2) is 11.5 Å². The Kier molecular flexibility index (Phi) is 7.76. The zero-order valence-corrected chi connectivity index (χ0v) is 18.8. The van der Waals surface area contributed by atoms with Crippen molar-refractivity contribution in [3.8, 4) is 11.5 Å². The third-order valence-corrected chi connectivity index (χ3v) is 5.38. The number of carbonyl (C=O) groups excluding carboxylic acids is 1. The van der Waals surface area contributed by atoms with Crippen LogP contribution < -0.4 is 9.47 Å². The summed E-state index contributed by atoms with van der Waals surface area (Å²) in [6.07, 6.45) is 3.31. The van der Waals surface area contributed by atoms with Gasteiger partial charge in [-0.25, -0.2) is 0 Å². The SMILES string of the molecule is C/C=C/c1ccc(OCC(O)CN2CCN(C(=O)c3cc(C)oc3C)CC2)c(OC)c1. The maximum absolute atomic E-state index is 12.7. The smallest absolute Gasteiger partial charge is 0.257 e. The summed E-state index contributed by atoms with van der Waals surface area (Å²) < 4.78 is 16.7. The summed E-state index contributed by atoms with van der Waals surface area (Å²) in [4.78, 5) is 16.7. The quantitative estimate of drug-likeness (QED) is 0.696. The van der Waals surface area contributed by atoms with Gasteiger partial charge >= 0.3 is 0 Å². The number of aliphatic hydroxyl groups is 1. The zero-order valence-electron chi connectivity index (χ0n) is 18.8. The van der Waals surface area contributed by atoms with Gasteiger partial charge in [-0.3, -0.25) is 9.69 Å². The lowest BCUT2D eigenvalue weighted by Crippen LogP contribution is -2.51. The molecule has 2 aromatic rings. The highest BCUT2D eigenvalue weighted by molar-refractivity contribution is 5.95. The molecule has 0 spiro atoms. The van der Waals surface area contributed by atoms with Crippen molar-refractivity contribution in [2.45, 2.75) is 26.9 Å². The van der Waals surface area contributed by atoms with Crippen molar-refractivity contribution < 1.29 is 23.8 Å². The van der Waals surface area contributed by atoms with E-state index in [1.54, 1.807) is 13.2 Å². The second kappa shape index (κ2) is 10.5. The molecule has 3 rings (SSSR count). The van der Waals surface area contributed by atoms with E-state index in [-0.39, 0.29) is 12.5 Å². The minimum Gasteiger partial charge on any atom is -0.493 e. The fourth-order valence-electron chi connectivity index (χ4n) is 3.78.